The number of aromatic nitrogens is 2. The van der Waals surface area contributed by atoms with Crippen LogP contribution in [0.2, 0.25) is 0 Å². The third-order valence-electron chi connectivity index (χ3n) is 5.08. The van der Waals surface area contributed by atoms with Crippen molar-refractivity contribution >= 4 is 33.3 Å². The molecule has 0 bridgehead atoms. The van der Waals surface area contributed by atoms with Gasteiger partial charge in [-0.05, 0) is 36.3 Å². The predicted octanol–water partition coefficient (Wildman–Crippen LogP) is 3.31. The molecule has 0 saturated heterocycles. The molecule has 1 aromatic carbocycles. The van der Waals surface area contributed by atoms with Crippen LogP contribution in [-0.4, -0.2) is 62.0 Å². The Morgan fingerprint density at radius 3 is 2.74 bits per heavy atom. The van der Waals surface area contributed by atoms with E-state index in [1.165, 1.54) is 0 Å². The molecule has 3 aromatic rings. The minimum absolute atomic E-state index is 0.108. The van der Waals surface area contributed by atoms with E-state index in [9.17, 15) is 4.79 Å². The monoisotopic (exact) mass is 464 g/mol. The number of nitrogens with one attached hydrogen (secondary N) is 2. The highest BCUT2D eigenvalue weighted by atomic mass is 16.5. The van der Waals surface area contributed by atoms with Crippen LogP contribution in [0.5, 0.6) is 0 Å². The van der Waals surface area contributed by atoms with Gasteiger partial charge >= 0.3 is 0 Å². The van der Waals surface area contributed by atoms with Gasteiger partial charge in [0, 0.05) is 47.3 Å². The molecule has 0 atom stereocenters. The molecule has 4 N–H and O–H groups in total. The smallest absolute Gasteiger partial charge is 0.258 e. The molecule has 0 saturated carbocycles. The molecule has 34 heavy (non-hydrogen) atoms. The lowest BCUT2D eigenvalue weighted by Gasteiger charge is -2.08. The molecule has 0 aliphatic rings. The van der Waals surface area contributed by atoms with Crippen molar-refractivity contribution in [2.45, 2.75) is 6.92 Å². The summed E-state index contributed by atoms with van der Waals surface area (Å²) in [6, 6.07) is 8.25. The van der Waals surface area contributed by atoms with E-state index in [1.807, 2.05) is 31.3 Å². The number of fused-ring (bicyclic) bond motifs is 3. The van der Waals surface area contributed by atoms with E-state index in [-0.39, 0.29) is 12.5 Å². The van der Waals surface area contributed by atoms with Crippen LogP contribution >= 0.6 is 0 Å². The summed E-state index contributed by atoms with van der Waals surface area (Å²) in [5.74, 6) is 0.170. The highest BCUT2D eigenvalue weighted by Gasteiger charge is 2.07. The minimum Gasteiger partial charge on any atom is -0.484 e. The summed E-state index contributed by atoms with van der Waals surface area (Å²) >= 11 is 0. The molecule has 180 valence electrons. The fraction of sp³-hybridized carbons (Fsp3) is 0.308. The fourth-order valence-electron chi connectivity index (χ4n) is 3.39. The van der Waals surface area contributed by atoms with Gasteiger partial charge in [-0.1, -0.05) is 30.9 Å². The normalized spacial score (nSPS) is 12.0. The molecule has 0 radical (unpaired) electrons. The molecule has 1 amide bonds. The second-order valence-corrected chi connectivity index (χ2v) is 7.50. The molecule has 0 aliphatic carbocycles. The number of aromatic amines is 1. The van der Waals surface area contributed by atoms with Crippen molar-refractivity contribution in [2.24, 2.45) is 5.73 Å². The number of rotatable bonds is 14. The number of nitrogens with zero attached hydrogens (tertiary/aromatic N) is 1. The molecule has 2 heterocycles. The number of allylic oxidation sites excluding steroid dienone is 4. The number of ether oxygens (including phenoxy) is 3. The van der Waals surface area contributed by atoms with Crippen LogP contribution in [0.3, 0.4) is 0 Å². The van der Waals surface area contributed by atoms with Gasteiger partial charge in [-0.15, -0.1) is 0 Å². The minimum atomic E-state index is -0.234. The lowest BCUT2D eigenvalue weighted by molar-refractivity contribution is -0.124. The summed E-state index contributed by atoms with van der Waals surface area (Å²) in [6.07, 6.45) is 9.34. The Morgan fingerprint density at radius 2 is 1.94 bits per heavy atom. The molecule has 0 fully saturated rings. The molecule has 3 rings (SSSR count). The van der Waals surface area contributed by atoms with Crippen molar-refractivity contribution in [1.82, 2.24) is 15.3 Å². The van der Waals surface area contributed by atoms with E-state index in [4.69, 9.17) is 19.9 Å². The van der Waals surface area contributed by atoms with Gasteiger partial charge in [0.1, 0.15) is 5.76 Å². The third-order valence-corrected chi connectivity index (χ3v) is 5.08. The molecule has 8 heteroatoms. The first-order chi connectivity index (χ1) is 16.6. The quantitative estimate of drug-likeness (QED) is 0.192. The Labute approximate surface area is 199 Å². The summed E-state index contributed by atoms with van der Waals surface area (Å²) in [6.45, 7) is 8.50. The van der Waals surface area contributed by atoms with Gasteiger partial charge < -0.3 is 30.2 Å². The number of H-pyrrole nitrogens is 1. The summed E-state index contributed by atoms with van der Waals surface area (Å²) in [5.41, 5.74) is 9.51. The molecule has 0 aliphatic heterocycles. The highest BCUT2D eigenvalue weighted by Crippen LogP contribution is 2.28. The summed E-state index contributed by atoms with van der Waals surface area (Å²) < 4.78 is 16.0. The number of amides is 1. The fourth-order valence-corrected chi connectivity index (χ4v) is 3.39. The van der Waals surface area contributed by atoms with Crippen molar-refractivity contribution in [2.75, 3.05) is 46.1 Å². The highest BCUT2D eigenvalue weighted by molar-refractivity contribution is 6.07. The number of nitrogens with two attached hydrogens (primary N) is 1. The van der Waals surface area contributed by atoms with Crippen LogP contribution in [0, 0.1) is 0 Å². The van der Waals surface area contributed by atoms with Crippen molar-refractivity contribution in [3.05, 3.63) is 72.8 Å². The Morgan fingerprint density at radius 1 is 1.12 bits per heavy atom. The van der Waals surface area contributed by atoms with Gasteiger partial charge in [0.2, 0.25) is 0 Å². The zero-order valence-electron chi connectivity index (χ0n) is 19.5. The number of hydrogen-bond donors (Lipinski definition) is 3. The Bertz CT molecular complexity index is 1170. The Kier molecular flexibility index (Phi) is 9.84. The van der Waals surface area contributed by atoms with Crippen LogP contribution in [0.15, 0.2) is 67.2 Å². The van der Waals surface area contributed by atoms with E-state index in [0.29, 0.717) is 45.3 Å². The first kappa shape index (κ1) is 25.2. The molecule has 0 unspecified atom stereocenters. The largest absolute Gasteiger partial charge is 0.484 e. The number of carbonyl (C=O) groups excluding carboxylic acids is 1. The molecule has 2 aromatic heterocycles. The average molecular weight is 465 g/mol. The van der Waals surface area contributed by atoms with Gasteiger partial charge in [0.05, 0.1) is 26.4 Å². The van der Waals surface area contributed by atoms with Gasteiger partial charge in [-0.3, -0.25) is 9.78 Å². The second kappa shape index (κ2) is 13.3. The van der Waals surface area contributed by atoms with Gasteiger partial charge in [0.15, 0.2) is 6.61 Å². The van der Waals surface area contributed by atoms with Gasteiger partial charge in [0.25, 0.3) is 5.91 Å². The van der Waals surface area contributed by atoms with E-state index >= 15 is 0 Å². The van der Waals surface area contributed by atoms with Crippen LogP contribution < -0.4 is 11.1 Å². The van der Waals surface area contributed by atoms with Gasteiger partial charge in [-0.25, -0.2) is 0 Å². The van der Waals surface area contributed by atoms with Crippen molar-refractivity contribution in [3.63, 3.8) is 0 Å². The second-order valence-electron chi connectivity index (χ2n) is 7.50. The Balaban J connectivity index is 1.43. The molecule has 8 nitrogen and oxygen atoms in total. The summed E-state index contributed by atoms with van der Waals surface area (Å²) in [4.78, 5) is 19.6. The van der Waals surface area contributed by atoms with Crippen LogP contribution in [0.25, 0.3) is 27.4 Å². The molecular weight excluding hydrogens is 432 g/mol. The summed E-state index contributed by atoms with van der Waals surface area (Å²) in [7, 11) is 0. The van der Waals surface area contributed by atoms with Crippen LogP contribution in [0.4, 0.5) is 0 Å². The lowest BCUT2D eigenvalue weighted by Crippen LogP contribution is -2.30. The first-order valence-electron chi connectivity index (χ1n) is 11.3. The topological polar surface area (TPSA) is 111 Å². The average Bonchev–Trinajstić information content (AvgIpc) is 3.22. The van der Waals surface area contributed by atoms with E-state index in [1.54, 1.807) is 12.3 Å². The number of benzene rings is 1. The Hall–Kier alpha value is -3.46. The van der Waals surface area contributed by atoms with Crippen molar-refractivity contribution in [3.8, 4) is 0 Å². The number of carbonyl (C=O) groups is 1. The molecule has 0 spiro atoms. The lowest BCUT2D eigenvalue weighted by atomic mass is 10.0. The summed E-state index contributed by atoms with van der Waals surface area (Å²) in [5, 5.41) is 4.97. The van der Waals surface area contributed by atoms with Crippen molar-refractivity contribution in [1.29, 1.82) is 0 Å². The van der Waals surface area contributed by atoms with E-state index in [0.717, 1.165) is 32.9 Å². The SMILES string of the molecule is C=C(/C=C\C(=C/C)c1ccc2c(c1)[nH]c1ccncc12)OCC(=O)NCCOCCOCCN. The maximum atomic E-state index is 11.9. The third kappa shape index (κ3) is 7.28. The maximum Gasteiger partial charge on any atom is 0.258 e. The maximum absolute atomic E-state index is 11.9. The molecular formula is C26H32N4O4. The van der Waals surface area contributed by atoms with Crippen LogP contribution in [-0.2, 0) is 19.0 Å². The number of pyridine rings is 1. The zero-order valence-corrected chi connectivity index (χ0v) is 19.5. The van der Waals surface area contributed by atoms with E-state index < -0.39 is 0 Å². The van der Waals surface area contributed by atoms with Crippen LogP contribution in [0.1, 0.15) is 12.5 Å². The predicted molar refractivity (Wildman–Crippen MR) is 135 cm³/mol. The van der Waals surface area contributed by atoms with Crippen molar-refractivity contribution < 1.29 is 19.0 Å². The zero-order chi connectivity index (χ0) is 24.2. The standard InChI is InChI=1S/C26H32N4O4/c1-3-20(21-6-7-22-23-17-28-10-8-24(23)30-25(22)16-21)5-4-19(2)34-18-26(31)29-11-13-33-15-14-32-12-9-27/h3-8,10,16-17,30H,2,9,11-15,18,27H2,1H3,(H,29,31)/b5-4-,20-3+. The van der Waals surface area contributed by atoms with E-state index in [2.05, 4.69) is 40.1 Å². The number of hydrogen-bond acceptors (Lipinski definition) is 6. The first-order valence-corrected chi connectivity index (χ1v) is 11.3. The van der Waals surface area contributed by atoms with Gasteiger partial charge in [-0.2, -0.15) is 0 Å².